The van der Waals surface area contributed by atoms with E-state index in [1.54, 1.807) is 28.4 Å². The van der Waals surface area contributed by atoms with Gasteiger partial charge in [-0.15, -0.1) is 0 Å². The van der Waals surface area contributed by atoms with Crippen molar-refractivity contribution in [2.45, 2.75) is 19.9 Å². The van der Waals surface area contributed by atoms with E-state index in [9.17, 15) is 0 Å². The van der Waals surface area contributed by atoms with Gasteiger partial charge in [0.25, 0.3) is 0 Å². The van der Waals surface area contributed by atoms with Gasteiger partial charge in [0.15, 0.2) is 23.0 Å². The molecular weight excluding hydrogens is 358 g/mol. The fourth-order valence-electron chi connectivity index (χ4n) is 3.22. The number of methoxy groups -OCH3 is 4. The third-order valence-electron chi connectivity index (χ3n) is 4.57. The normalized spacial score (nSPS) is 11.8. The predicted octanol–water partition coefficient (Wildman–Crippen LogP) is 4.15. The largest absolute Gasteiger partial charge is 0.493 e. The number of anilines is 1. The lowest BCUT2D eigenvalue weighted by Gasteiger charge is -2.21. The van der Waals surface area contributed by atoms with E-state index in [0.717, 1.165) is 16.5 Å². The molecule has 1 aromatic heterocycles. The molecule has 3 aromatic rings. The third kappa shape index (κ3) is 3.60. The Hall–Kier alpha value is -3.22. The highest BCUT2D eigenvalue weighted by Gasteiger charge is 2.18. The number of para-hydroxylation sites is 1. The van der Waals surface area contributed by atoms with Crippen molar-refractivity contribution in [1.82, 2.24) is 9.97 Å². The smallest absolute Gasteiger partial charge is 0.165 e. The van der Waals surface area contributed by atoms with E-state index >= 15 is 0 Å². The van der Waals surface area contributed by atoms with Crippen LogP contribution in [0.1, 0.15) is 24.4 Å². The summed E-state index contributed by atoms with van der Waals surface area (Å²) in [6.07, 6.45) is 0. The van der Waals surface area contributed by atoms with Gasteiger partial charge in [-0.05, 0) is 26.0 Å². The molecule has 0 saturated heterocycles. The molecule has 0 aliphatic rings. The molecular formula is C21H25N3O4. The van der Waals surface area contributed by atoms with Gasteiger partial charge in [0, 0.05) is 17.0 Å². The molecule has 0 radical (unpaired) electrons. The molecule has 148 valence electrons. The van der Waals surface area contributed by atoms with Crippen LogP contribution in [-0.2, 0) is 0 Å². The summed E-state index contributed by atoms with van der Waals surface area (Å²) in [5.41, 5.74) is 1.74. The van der Waals surface area contributed by atoms with Crippen molar-refractivity contribution in [3.8, 4) is 23.0 Å². The maximum atomic E-state index is 5.57. The summed E-state index contributed by atoms with van der Waals surface area (Å²) in [4.78, 5) is 9.14. The molecule has 1 atom stereocenters. The zero-order chi connectivity index (χ0) is 20.3. The lowest BCUT2D eigenvalue weighted by molar-refractivity contribution is 0.350. The van der Waals surface area contributed by atoms with Crippen LogP contribution in [0.3, 0.4) is 0 Å². The highest BCUT2D eigenvalue weighted by Crippen LogP contribution is 2.38. The number of hydrogen-bond acceptors (Lipinski definition) is 7. The SMILES string of the molecule is COc1cc2nc(C)nc(NC(C)c3cccc(OC)c3OC)c2cc1OC. The molecule has 3 rings (SSSR count). The number of rotatable bonds is 7. The molecule has 0 aliphatic carbocycles. The first kappa shape index (κ1) is 19.5. The minimum atomic E-state index is -0.0874. The molecule has 1 unspecified atom stereocenters. The van der Waals surface area contributed by atoms with E-state index in [-0.39, 0.29) is 6.04 Å². The van der Waals surface area contributed by atoms with Crippen LogP contribution in [0.4, 0.5) is 5.82 Å². The van der Waals surface area contributed by atoms with Crippen LogP contribution in [0.25, 0.3) is 10.9 Å². The van der Waals surface area contributed by atoms with E-state index in [1.165, 1.54) is 0 Å². The second-order valence-corrected chi connectivity index (χ2v) is 6.29. The van der Waals surface area contributed by atoms with Gasteiger partial charge in [0.05, 0.1) is 40.0 Å². The molecule has 2 aromatic carbocycles. The molecule has 0 saturated carbocycles. The first-order valence-corrected chi connectivity index (χ1v) is 8.90. The van der Waals surface area contributed by atoms with Crippen molar-refractivity contribution in [3.05, 3.63) is 41.7 Å². The van der Waals surface area contributed by atoms with Gasteiger partial charge >= 0.3 is 0 Å². The summed E-state index contributed by atoms with van der Waals surface area (Å²) in [5, 5.41) is 4.32. The summed E-state index contributed by atoms with van der Waals surface area (Å²) < 4.78 is 21.8. The number of fused-ring (bicyclic) bond motifs is 1. The van der Waals surface area contributed by atoms with E-state index in [0.29, 0.717) is 34.6 Å². The summed E-state index contributed by atoms with van der Waals surface area (Å²) >= 11 is 0. The van der Waals surface area contributed by atoms with Crippen LogP contribution in [0.15, 0.2) is 30.3 Å². The lowest BCUT2D eigenvalue weighted by atomic mass is 10.1. The zero-order valence-corrected chi connectivity index (χ0v) is 17.0. The Morgan fingerprint density at radius 2 is 1.54 bits per heavy atom. The summed E-state index contributed by atoms with van der Waals surface area (Å²) in [6, 6.07) is 9.45. The van der Waals surface area contributed by atoms with Crippen molar-refractivity contribution in [3.63, 3.8) is 0 Å². The fourth-order valence-corrected chi connectivity index (χ4v) is 3.22. The van der Waals surface area contributed by atoms with Crippen molar-refractivity contribution < 1.29 is 18.9 Å². The topological polar surface area (TPSA) is 74.7 Å². The van der Waals surface area contributed by atoms with Gasteiger partial charge in [-0.3, -0.25) is 0 Å². The van der Waals surface area contributed by atoms with Gasteiger partial charge < -0.3 is 24.3 Å². The van der Waals surface area contributed by atoms with Crippen LogP contribution < -0.4 is 24.3 Å². The summed E-state index contributed by atoms with van der Waals surface area (Å²) in [5.74, 6) is 4.00. The lowest BCUT2D eigenvalue weighted by Crippen LogP contribution is -2.11. The molecule has 1 heterocycles. The van der Waals surface area contributed by atoms with Gasteiger partial charge in [-0.25, -0.2) is 9.97 Å². The number of nitrogens with one attached hydrogen (secondary N) is 1. The zero-order valence-electron chi connectivity index (χ0n) is 17.0. The number of hydrogen-bond donors (Lipinski definition) is 1. The van der Waals surface area contributed by atoms with E-state index in [4.69, 9.17) is 18.9 Å². The molecule has 0 fully saturated rings. The molecule has 7 nitrogen and oxygen atoms in total. The first-order chi connectivity index (χ1) is 13.5. The Morgan fingerprint density at radius 1 is 0.857 bits per heavy atom. The molecule has 0 bridgehead atoms. The maximum absolute atomic E-state index is 5.57. The standard InChI is InChI=1S/C21H25N3O4/c1-12(14-8-7-9-17(25-3)20(14)28-6)22-21-15-10-18(26-4)19(27-5)11-16(15)23-13(2)24-21/h7-12H,1-6H3,(H,22,23,24). The molecule has 0 aliphatic heterocycles. The van der Waals surface area contributed by atoms with Crippen LogP contribution >= 0.6 is 0 Å². The number of ether oxygens (including phenoxy) is 4. The Morgan fingerprint density at radius 3 is 2.18 bits per heavy atom. The second kappa shape index (κ2) is 8.21. The van der Waals surface area contributed by atoms with Gasteiger partial charge in [-0.1, -0.05) is 12.1 Å². The second-order valence-electron chi connectivity index (χ2n) is 6.29. The highest BCUT2D eigenvalue weighted by molar-refractivity contribution is 5.92. The molecule has 7 heteroatoms. The molecule has 28 heavy (non-hydrogen) atoms. The van der Waals surface area contributed by atoms with E-state index in [2.05, 4.69) is 15.3 Å². The minimum Gasteiger partial charge on any atom is -0.493 e. The number of benzene rings is 2. The summed E-state index contributed by atoms with van der Waals surface area (Å²) in [7, 11) is 6.47. The number of aryl methyl sites for hydroxylation is 1. The van der Waals surface area contributed by atoms with Crippen LogP contribution in [0, 0.1) is 6.92 Å². The Balaban J connectivity index is 2.07. The van der Waals surface area contributed by atoms with E-state index < -0.39 is 0 Å². The van der Waals surface area contributed by atoms with E-state index in [1.807, 2.05) is 44.2 Å². The molecule has 0 spiro atoms. The molecule has 0 amide bonds. The fraction of sp³-hybridized carbons (Fsp3) is 0.333. The number of aromatic nitrogens is 2. The molecule has 1 N–H and O–H groups in total. The Labute approximate surface area is 164 Å². The predicted molar refractivity (Wildman–Crippen MR) is 109 cm³/mol. The average molecular weight is 383 g/mol. The van der Waals surface area contributed by atoms with Crippen molar-refractivity contribution in [2.75, 3.05) is 33.8 Å². The Bertz CT molecular complexity index is 991. The summed E-state index contributed by atoms with van der Waals surface area (Å²) in [6.45, 7) is 3.90. The van der Waals surface area contributed by atoms with Crippen molar-refractivity contribution in [2.24, 2.45) is 0 Å². The maximum Gasteiger partial charge on any atom is 0.165 e. The van der Waals surface area contributed by atoms with Gasteiger partial charge in [0.1, 0.15) is 11.6 Å². The number of nitrogens with zero attached hydrogens (tertiary/aromatic N) is 2. The van der Waals surface area contributed by atoms with Gasteiger partial charge in [-0.2, -0.15) is 0 Å². The third-order valence-corrected chi connectivity index (χ3v) is 4.57. The average Bonchev–Trinajstić information content (AvgIpc) is 2.71. The van der Waals surface area contributed by atoms with Crippen molar-refractivity contribution >= 4 is 16.7 Å². The minimum absolute atomic E-state index is 0.0874. The Kier molecular flexibility index (Phi) is 5.73. The van der Waals surface area contributed by atoms with Crippen molar-refractivity contribution in [1.29, 1.82) is 0 Å². The monoisotopic (exact) mass is 383 g/mol. The van der Waals surface area contributed by atoms with Gasteiger partial charge in [0.2, 0.25) is 0 Å². The van der Waals surface area contributed by atoms with Crippen LogP contribution in [-0.4, -0.2) is 38.4 Å². The van der Waals surface area contributed by atoms with Crippen LogP contribution in [0.5, 0.6) is 23.0 Å². The van der Waals surface area contributed by atoms with Crippen LogP contribution in [0.2, 0.25) is 0 Å². The first-order valence-electron chi connectivity index (χ1n) is 8.90. The highest BCUT2D eigenvalue weighted by atomic mass is 16.5. The quantitative estimate of drug-likeness (QED) is 0.657.